The van der Waals surface area contributed by atoms with Gasteiger partial charge in [-0.05, 0) is 60.0 Å². The molecule has 2 amide bonds. The van der Waals surface area contributed by atoms with E-state index in [-0.39, 0.29) is 54.5 Å². The van der Waals surface area contributed by atoms with Crippen LogP contribution >= 0.6 is 0 Å². The highest BCUT2D eigenvalue weighted by Crippen LogP contribution is 2.42. The molecular formula is C36H38FN3O4S. The van der Waals surface area contributed by atoms with Gasteiger partial charge in [-0.3, -0.25) is 13.9 Å². The summed E-state index contributed by atoms with van der Waals surface area (Å²) in [6, 6.07) is 25.6. The number of amides is 2. The number of anilines is 1. The zero-order valence-corrected chi connectivity index (χ0v) is 26.0. The van der Waals surface area contributed by atoms with Crippen molar-refractivity contribution in [3.05, 3.63) is 108 Å². The van der Waals surface area contributed by atoms with E-state index in [1.807, 2.05) is 48.5 Å². The van der Waals surface area contributed by atoms with Crippen LogP contribution in [0.5, 0.6) is 0 Å². The number of nitrogens with one attached hydrogen (secondary N) is 1. The molecule has 1 aliphatic heterocycles. The van der Waals surface area contributed by atoms with Crippen molar-refractivity contribution in [2.45, 2.75) is 74.9 Å². The molecule has 9 heteroatoms. The van der Waals surface area contributed by atoms with Gasteiger partial charge in [0.05, 0.1) is 10.6 Å². The summed E-state index contributed by atoms with van der Waals surface area (Å²) in [6.07, 6.45) is 5.73. The van der Waals surface area contributed by atoms with Gasteiger partial charge in [0.2, 0.25) is 11.8 Å². The maximum absolute atomic E-state index is 14.1. The summed E-state index contributed by atoms with van der Waals surface area (Å²) in [6.45, 7) is 0.255. The van der Waals surface area contributed by atoms with Crippen LogP contribution < -0.4 is 9.62 Å². The molecule has 1 saturated carbocycles. The van der Waals surface area contributed by atoms with Gasteiger partial charge >= 0.3 is 0 Å². The summed E-state index contributed by atoms with van der Waals surface area (Å²) >= 11 is 0. The van der Waals surface area contributed by atoms with Gasteiger partial charge in [0.25, 0.3) is 10.0 Å². The van der Waals surface area contributed by atoms with Gasteiger partial charge in [-0.15, -0.1) is 0 Å². The average molecular weight is 628 g/mol. The van der Waals surface area contributed by atoms with Crippen LogP contribution in [0.15, 0.2) is 95.9 Å². The van der Waals surface area contributed by atoms with E-state index in [4.69, 9.17) is 0 Å². The van der Waals surface area contributed by atoms with Crippen LogP contribution in [0.4, 0.5) is 10.1 Å². The number of carbonyl (C=O) groups is 2. The summed E-state index contributed by atoms with van der Waals surface area (Å²) < 4.78 is 42.1. The lowest BCUT2D eigenvalue weighted by molar-refractivity contribution is -0.141. The third kappa shape index (κ3) is 6.73. The van der Waals surface area contributed by atoms with Gasteiger partial charge < -0.3 is 10.2 Å². The van der Waals surface area contributed by atoms with E-state index >= 15 is 0 Å². The molecular weight excluding hydrogens is 589 g/mol. The van der Waals surface area contributed by atoms with Crippen molar-refractivity contribution in [1.29, 1.82) is 0 Å². The molecule has 0 saturated heterocycles. The smallest absolute Gasteiger partial charge is 0.265 e. The second kappa shape index (κ2) is 13.4. The molecule has 1 N–H and O–H groups in total. The second-order valence-electron chi connectivity index (χ2n) is 12.0. The first-order valence-electron chi connectivity index (χ1n) is 15.7. The molecule has 0 bridgehead atoms. The lowest BCUT2D eigenvalue weighted by Gasteiger charge is -2.33. The van der Waals surface area contributed by atoms with E-state index in [1.54, 1.807) is 35.2 Å². The molecule has 0 radical (unpaired) electrons. The minimum absolute atomic E-state index is 0.0432. The molecule has 2 aliphatic rings. The Kier molecular flexibility index (Phi) is 9.16. The molecule has 6 rings (SSSR count). The summed E-state index contributed by atoms with van der Waals surface area (Å²) in [7, 11) is -3.75. The number of benzene rings is 4. The standard InChI is InChI=1S/C36H38FN3O4S/c37-29-21-19-27(20-22-29)25-39(32(24-26-10-3-1-4-11-26)36(42)38-30-14-5-2-6-15-30)34(41)18-9-23-40-31-16-7-12-28-13-8-17-33(35(28)31)45(40,43)44/h1,3-4,7-8,10-13,16-17,19-22,30,32H,2,5-6,9,14-15,18,23-25H2,(H,38,42)/t32-/m0/s1. The first-order chi connectivity index (χ1) is 21.8. The lowest BCUT2D eigenvalue weighted by atomic mass is 9.94. The lowest BCUT2D eigenvalue weighted by Crippen LogP contribution is -2.52. The van der Waals surface area contributed by atoms with Crippen LogP contribution in [0.25, 0.3) is 10.8 Å². The van der Waals surface area contributed by atoms with Crippen molar-refractivity contribution in [3.8, 4) is 0 Å². The average Bonchev–Trinajstić information content (AvgIpc) is 3.27. The summed E-state index contributed by atoms with van der Waals surface area (Å²) in [5.74, 6) is -0.841. The van der Waals surface area contributed by atoms with Gasteiger partial charge in [0.15, 0.2) is 0 Å². The Bertz CT molecular complexity index is 1770. The Morgan fingerprint density at radius 2 is 1.58 bits per heavy atom. The molecule has 1 aliphatic carbocycles. The van der Waals surface area contributed by atoms with Crippen molar-refractivity contribution in [1.82, 2.24) is 10.2 Å². The highest BCUT2D eigenvalue weighted by molar-refractivity contribution is 7.93. The summed E-state index contributed by atoms with van der Waals surface area (Å²) in [4.78, 5) is 29.9. The van der Waals surface area contributed by atoms with Crippen LogP contribution in [0.3, 0.4) is 0 Å². The Morgan fingerprint density at radius 1 is 0.867 bits per heavy atom. The van der Waals surface area contributed by atoms with Crippen molar-refractivity contribution in [2.24, 2.45) is 0 Å². The fraction of sp³-hybridized carbons (Fsp3) is 0.333. The first-order valence-corrected chi connectivity index (χ1v) is 17.2. The SMILES string of the molecule is O=C(NC1CCCCC1)[C@H](Cc1ccccc1)N(Cc1ccc(F)cc1)C(=O)CCCN1c2cccc3cccc(c23)S1(=O)=O. The predicted molar refractivity (Wildman–Crippen MR) is 174 cm³/mol. The van der Waals surface area contributed by atoms with Crippen LogP contribution in [-0.2, 0) is 32.6 Å². The summed E-state index contributed by atoms with van der Waals surface area (Å²) in [5, 5.41) is 4.77. The maximum Gasteiger partial charge on any atom is 0.265 e. The monoisotopic (exact) mass is 627 g/mol. The molecule has 1 atom stereocenters. The zero-order chi connectivity index (χ0) is 31.4. The Balaban J connectivity index is 1.25. The highest BCUT2D eigenvalue weighted by Gasteiger charge is 2.36. The van der Waals surface area contributed by atoms with E-state index in [0.29, 0.717) is 23.1 Å². The van der Waals surface area contributed by atoms with Gasteiger partial charge in [-0.2, -0.15) is 0 Å². The van der Waals surface area contributed by atoms with Crippen molar-refractivity contribution in [2.75, 3.05) is 10.8 Å². The molecule has 0 unspecified atom stereocenters. The van der Waals surface area contributed by atoms with Gasteiger partial charge in [-0.1, -0.05) is 86.0 Å². The van der Waals surface area contributed by atoms with Crippen molar-refractivity contribution >= 4 is 38.3 Å². The zero-order valence-electron chi connectivity index (χ0n) is 25.2. The molecule has 0 spiro atoms. The minimum atomic E-state index is -3.75. The third-order valence-corrected chi connectivity index (χ3v) is 10.8. The first kappa shape index (κ1) is 30.8. The number of halogens is 1. The number of nitrogens with zero attached hydrogens (tertiary/aromatic N) is 2. The number of sulfonamides is 1. The maximum atomic E-state index is 14.1. The Labute approximate surface area is 264 Å². The number of rotatable bonds is 11. The van der Waals surface area contributed by atoms with Crippen molar-refractivity contribution < 1.29 is 22.4 Å². The topological polar surface area (TPSA) is 86.8 Å². The molecule has 4 aromatic rings. The van der Waals surface area contributed by atoms with Gasteiger partial charge in [-0.25, -0.2) is 12.8 Å². The third-order valence-electron chi connectivity index (χ3n) is 8.92. The molecule has 4 aromatic carbocycles. The molecule has 1 fully saturated rings. The number of hydrogen-bond donors (Lipinski definition) is 1. The van der Waals surface area contributed by atoms with Crippen molar-refractivity contribution in [3.63, 3.8) is 0 Å². The molecule has 1 heterocycles. The highest BCUT2D eigenvalue weighted by atomic mass is 32.2. The molecule has 0 aromatic heterocycles. The van der Waals surface area contributed by atoms with Crippen LogP contribution in [-0.4, -0.2) is 43.8 Å². The summed E-state index contributed by atoms with van der Waals surface area (Å²) in [5.41, 5.74) is 2.25. The van der Waals surface area contributed by atoms with Crippen LogP contribution in [0, 0.1) is 5.82 Å². The minimum Gasteiger partial charge on any atom is -0.352 e. The Hall–Kier alpha value is -4.24. The van der Waals surface area contributed by atoms with Gasteiger partial charge in [0, 0.05) is 37.4 Å². The van der Waals surface area contributed by atoms with E-state index < -0.39 is 16.1 Å². The molecule has 234 valence electrons. The fourth-order valence-electron chi connectivity index (χ4n) is 6.60. The van der Waals surface area contributed by atoms with E-state index in [9.17, 15) is 22.4 Å². The Morgan fingerprint density at radius 3 is 2.31 bits per heavy atom. The largest absolute Gasteiger partial charge is 0.352 e. The number of hydrogen-bond acceptors (Lipinski definition) is 4. The number of carbonyl (C=O) groups excluding carboxylic acids is 2. The fourth-order valence-corrected chi connectivity index (χ4v) is 8.35. The quantitative estimate of drug-likeness (QED) is 0.210. The molecule has 7 nitrogen and oxygen atoms in total. The van der Waals surface area contributed by atoms with E-state index in [0.717, 1.165) is 43.1 Å². The van der Waals surface area contributed by atoms with Gasteiger partial charge in [0.1, 0.15) is 11.9 Å². The molecule has 45 heavy (non-hydrogen) atoms. The predicted octanol–water partition coefficient (Wildman–Crippen LogP) is 6.36. The van der Waals surface area contributed by atoms with Crippen LogP contribution in [0.2, 0.25) is 0 Å². The van der Waals surface area contributed by atoms with E-state index in [1.165, 1.54) is 16.4 Å². The van der Waals surface area contributed by atoms with E-state index in [2.05, 4.69) is 5.32 Å². The normalized spacial score (nSPS) is 16.4. The van der Waals surface area contributed by atoms with Crippen LogP contribution in [0.1, 0.15) is 56.1 Å². The second-order valence-corrected chi connectivity index (χ2v) is 13.8.